The zero-order chi connectivity index (χ0) is 34.1. The van der Waals surface area contributed by atoms with Crippen molar-refractivity contribution in [2.45, 2.75) is 30.9 Å². The van der Waals surface area contributed by atoms with Gasteiger partial charge in [-0.3, -0.25) is 9.59 Å². The molecule has 0 spiro atoms. The normalized spacial score (nSPS) is 13.1. The van der Waals surface area contributed by atoms with E-state index in [0.717, 1.165) is 24.3 Å². The van der Waals surface area contributed by atoms with Gasteiger partial charge in [0.2, 0.25) is 0 Å². The van der Waals surface area contributed by atoms with E-state index in [1.807, 2.05) is 11.4 Å². The molecule has 0 saturated carbocycles. The van der Waals surface area contributed by atoms with Crippen molar-refractivity contribution < 1.29 is 49.1 Å². The molecule has 7 nitrogen and oxygen atoms in total. The molecule has 0 fully saturated rings. The molecular formula is C28H13ClF9N5O2. The van der Waals surface area contributed by atoms with E-state index < -0.39 is 57.6 Å². The van der Waals surface area contributed by atoms with Crippen molar-refractivity contribution in [1.29, 1.82) is 15.8 Å². The van der Waals surface area contributed by atoms with Gasteiger partial charge in [0.25, 0.3) is 11.8 Å². The van der Waals surface area contributed by atoms with Crippen LogP contribution in [0, 0.1) is 40.9 Å². The SMILES string of the molecule is Cc1cc(C#N)ccc1C(=O)Nc1cc(C(=O)Nc2c(Cl)cc(C(F)(C(F)(F)F)C(F)(F)C(F)(F)F)cc2C#N)ccc1C#N. The van der Waals surface area contributed by atoms with Gasteiger partial charge in [0.05, 0.1) is 39.2 Å². The van der Waals surface area contributed by atoms with E-state index in [2.05, 4.69) is 5.32 Å². The fourth-order valence-electron chi connectivity index (χ4n) is 3.99. The molecule has 0 saturated heterocycles. The van der Waals surface area contributed by atoms with E-state index in [0.29, 0.717) is 5.56 Å². The maximum atomic E-state index is 14.9. The van der Waals surface area contributed by atoms with Crippen LogP contribution < -0.4 is 10.6 Å². The fraction of sp³-hybridized carbons (Fsp3) is 0.179. The summed E-state index contributed by atoms with van der Waals surface area (Å²) in [5, 5.41) is 31.0. The van der Waals surface area contributed by atoms with Crippen LogP contribution >= 0.6 is 11.6 Å². The third-order valence-electron chi connectivity index (χ3n) is 6.28. The number of carbonyl (C=O) groups is 2. The number of aryl methyl sites for hydroxylation is 1. The zero-order valence-corrected chi connectivity index (χ0v) is 22.8. The second-order valence-electron chi connectivity index (χ2n) is 9.14. The van der Waals surface area contributed by atoms with Crippen molar-refractivity contribution in [2.75, 3.05) is 10.6 Å². The predicted octanol–water partition coefficient (Wildman–Crippen LogP) is 7.69. The van der Waals surface area contributed by atoms with E-state index in [4.69, 9.17) is 16.9 Å². The summed E-state index contributed by atoms with van der Waals surface area (Å²) < 4.78 is 122. The summed E-state index contributed by atoms with van der Waals surface area (Å²) in [5.41, 5.74) is -10.8. The molecule has 0 aliphatic carbocycles. The van der Waals surface area contributed by atoms with Crippen molar-refractivity contribution in [1.82, 2.24) is 0 Å². The minimum Gasteiger partial charge on any atom is -0.321 e. The van der Waals surface area contributed by atoms with E-state index in [1.165, 1.54) is 25.1 Å². The lowest BCUT2D eigenvalue weighted by Gasteiger charge is -2.36. The summed E-state index contributed by atoms with van der Waals surface area (Å²) in [6.07, 6.45) is -13.9. The van der Waals surface area contributed by atoms with Gasteiger partial charge in [0, 0.05) is 16.7 Å². The van der Waals surface area contributed by atoms with Gasteiger partial charge in [0.1, 0.15) is 12.1 Å². The van der Waals surface area contributed by atoms with Crippen LogP contribution in [0.5, 0.6) is 0 Å². The van der Waals surface area contributed by atoms with Crippen LogP contribution in [0.3, 0.4) is 0 Å². The topological polar surface area (TPSA) is 130 Å². The molecule has 0 bridgehead atoms. The minimum absolute atomic E-state index is 0.0946. The van der Waals surface area contributed by atoms with Crippen LogP contribution in [0.4, 0.5) is 50.9 Å². The summed E-state index contributed by atoms with van der Waals surface area (Å²) in [4.78, 5) is 25.8. The Bertz CT molecular complexity index is 1840. The van der Waals surface area contributed by atoms with Crippen LogP contribution in [0.25, 0.3) is 0 Å². The molecule has 3 aromatic rings. The first kappa shape index (κ1) is 34.2. The molecule has 0 radical (unpaired) electrons. The van der Waals surface area contributed by atoms with Crippen molar-refractivity contribution in [3.8, 4) is 18.2 Å². The van der Waals surface area contributed by atoms with Gasteiger partial charge in [-0.15, -0.1) is 0 Å². The van der Waals surface area contributed by atoms with Crippen LogP contribution in [0.1, 0.15) is 48.5 Å². The number of nitrogens with zero attached hydrogens (tertiary/aromatic N) is 3. The fourth-order valence-corrected chi connectivity index (χ4v) is 4.26. The first-order chi connectivity index (χ1) is 20.7. The Morgan fingerprint density at radius 1 is 0.733 bits per heavy atom. The van der Waals surface area contributed by atoms with Gasteiger partial charge in [-0.25, -0.2) is 4.39 Å². The maximum Gasteiger partial charge on any atom is 0.457 e. The molecule has 17 heteroatoms. The third kappa shape index (κ3) is 6.21. The lowest BCUT2D eigenvalue weighted by molar-refractivity contribution is -0.389. The number of hydrogen-bond acceptors (Lipinski definition) is 5. The summed E-state index contributed by atoms with van der Waals surface area (Å²) in [6, 6.07) is 11.5. The molecule has 0 aliphatic heterocycles. The Balaban J connectivity index is 2.03. The summed E-state index contributed by atoms with van der Waals surface area (Å²) in [7, 11) is 0. The molecule has 1 unspecified atom stereocenters. The number of nitriles is 3. The van der Waals surface area contributed by atoms with Crippen molar-refractivity contribution in [2.24, 2.45) is 0 Å². The Labute approximate surface area is 252 Å². The van der Waals surface area contributed by atoms with E-state index in [-0.39, 0.29) is 40.1 Å². The average Bonchev–Trinajstić information content (AvgIpc) is 2.95. The molecule has 45 heavy (non-hydrogen) atoms. The molecule has 232 valence electrons. The number of carbonyl (C=O) groups excluding carboxylic acids is 2. The van der Waals surface area contributed by atoms with Crippen LogP contribution in [0.2, 0.25) is 5.02 Å². The molecular weight excluding hydrogens is 645 g/mol. The lowest BCUT2D eigenvalue weighted by atomic mass is 9.86. The van der Waals surface area contributed by atoms with E-state index >= 15 is 0 Å². The molecule has 0 aromatic heterocycles. The van der Waals surface area contributed by atoms with Gasteiger partial charge < -0.3 is 10.6 Å². The number of nitrogens with one attached hydrogen (secondary N) is 2. The quantitative estimate of drug-likeness (QED) is 0.263. The van der Waals surface area contributed by atoms with E-state index in [9.17, 15) is 59.6 Å². The van der Waals surface area contributed by atoms with Gasteiger partial charge in [-0.2, -0.15) is 50.9 Å². The number of benzene rings is 3. The second-order valence-corrected chi connectivity index (χ2v) is 9.55. The Kier molecular flexibility index (Phi) is 9.14. The molecule has 3 rings (SSSR count). The first-order valence-corrected chi connectivity index (χ1v) is 12.2. The molecule has 1 atom stereocenters. The zero-order valence-electron chi connectivity index (χ0n) is 22.1. The third-order valence-corrected chi connectivity index (χ3v) is 6.57. The first-order valence-electron chi connectivity index (χ1n) is 11.8. The standard InChI is InChI=1S/C28H13ClF9N5O2/c1-13-6-14(10-39)2-5-19(13)24(45)42-21-8-15(3-4-16(21)11-40)23(44)43-22-17(12-41)7-18(9-20(22)29)25(30,27(33,34)35)26(31,32)28(36,37)38/h2-9H,1H3,(H,42,45)(H,43,44). The number of anilines is 2. The van der Waals surface area contributed by atoms with E-state index in [1.54, 1.807) is 6.07 Å². The van der Waals surface area contributed by atoms with Crippen LogP contribution in [-0.4, -0.2) is 30.1 Å². The Hall–Kier alpha value is -5.27. The molecule has 2 N–H and O–H groups in total. The number of rotatable bonds is 6. The van der Waals surface area contributed by atoms with Crippen molar-refractivity contribution >= 4 is 34.8 Å². The van der Waals surface area contributed by atoms with Crippen LogP contribution in [-0.2, 0) is 5.67 Å². The molecule has 0 aliphatic rings. The van der Waals surface area contributed by atoms with Gasteiger partial charge in [0.15, 0.2) is 0 Å². The Morgan fingerprint density at radius 3 is 1.87 bits per heavy atom. The number of halogens is 10. The highest BCUT2D eigenvalue weighted by Crippen LogP contribution is 2.58. The Morgan fingerprint density at radius 2 is 1.36 bits per heavy atom. The average molecular weight is 658 g/mol. The van der Waals surface area contributed by atoms with Crippen molar-refractivity contribution in [3.05, 3.63) is 92.5 Å². The summed E-state index contributed by atoms with van der Waals surface area (Å²) in [5.74, 6) is -9.00. The summed E-state index contributed by atoms with van der Waals surface area (Å²) >= 11 is 5.77. The maximum absolute atomic E-state index is 14.9. The summed E-state index contributed by atoms with van der Waals surface area (Å²) in [6.45, 7) is 1.53. The number of alkyl halides is 9. The number of amides is 2. The highest BCUT2D eigenvalue weighted by Gasteiger charge is 2.81. The van der Waals surface area contributed by atoms with Gasteiger partial charge in [-0.05, 0) is 61.0 Å². The number of hydrogen-bond donors (Lipinski definition) is 2. The smallest absolute Gasteiger partial charge is 0.321 e. The van der Waals surface area contributed by atoms with Crippen LogP contribution in [0.15, 0.2) is 48.5 Å². The predicted molar refractivity (Wildman–Crippen MR) is 139 cm³/mol. The van der Waals surface area contributed by atoms with Gasteiger partial charge in [-0.1, -0.05) is 11.6 Å². The minimum atomic E-state index is -7.03. The van der Waals surface area contributed by atoms with Crippen molar-refractivity contribution in [3.63, 3.8) is 0 Å². The molecule has 3 aromatic carbocycles. The second kappa shape index (κ2) is 12.0. The highest BCUT2D eigenvalue weighted by atomic mass is 35.5. The van der Waals surface area contributed by atoms with Gasteiger partial charge >= 0.3 is 23.9 Å². The largest absolute Gasteiger partial charge is 0.457 e. The monoisotopic (exact) mass is 657 g/mol. The molecule has 0 heterocycles. The highest BCUT2D eigenvalue weighted by molar-refractivity contribution is 6.34. The molecule has 2 amide bonds. The lowest BCUT2D eigenvalue weighted by Crippen LogP contribution is -2.59.